The van der Waals surface area contributed by atoms with Crippen molar-refractivity contribution in [1.29, 1.82) is 0 Å². The third-order valence-electron chi connectivity index (χ3n) is 4.96. The second-order valence-corrected chi connectivity index (χ2v) is 7.19. The first kappa shape index (κ1) is 18.3. The number of piperidine rings is 1. The van der Waals surface area contributed by atoms with Gasteiger partial charge in [-0.05, 0) is 30.4 Å². The molecule has 1 aromatic carbocycles. The van der Waals surface area contributed by atoms with Gasteiger partial charge in [-0.3, -0.25) is 4.79 Å². The summed E-state index contributed by atoms with van der Waals surface area (Å²) in [6.07, 6.45) is 2.08. The van der Waals surface area contributed by atoms with Crippen molar-refractivity contribution in [1.82, 2.24) is 10.2 Å². The van der Waals surface area contributed by atoms with Gasteiger partial charge in [0.25, 0.3) is 0 Å². The Balaban J connectivity index is 1.87. The summed E-state index contributed by atoms with van der Waals surface area (Å²) in [6, 6.07) is 8.43. The molecule has 0 atom stereocenters. The number of hydrogen-bond acceptors (Lipinski definition) is 2. The second kappa shape index (κ2) is 7.69. The molecule has 2 N–H and O–H groups in total. The van der Waals surface area contributed by atoms with Crippen molar-refractivity contribution < 1.29 is 14.7 Å². The first-order valence-corrected chi connectivity index (χ1v) is 8.68. The van der Waals surface area contributed by atoms with E-state index in [1.165, 1.54) is 11.1 Å². The van der Waals surface area contributed by atoms with E-state index in [9.17, 15) is 9.59 Å². The van der Waals surface area contributed by atoms with Gasteiger partial charge in [0, 0.05) is 25.0 Å². The molecule has 1 aliphatic rings. The van der Waals surface area contributed by atoms with Gasteiger partial charge in [0.15, 0.2) is 0 Å². The van der Waals surface area contributed by atoms with Crippen molar-refractivity contribution in [3.05, 3.63) is 35.4 Å². The topological polar surface area (TPSA) is 69.6 Å². The largest absolute Gasteiger partial charge is 0.481 e. The van der Waals surface area contributed by atoms with Crippen LogP contribution in [0.4, 0.5) is 4.79 Å². The second-order valence-electron chi connectivity index (χ2n) is 7.19. The van der Waals surface area contributed by atoms with E-state index >= 15 is 0 Å². The first-order valence-electron chi connectivity index (χ1n) is 8.68. The van der Waals surface area contributed by atoms with Crippen LogP contribution in [0, 0.1) is 5.92 Å². The summed E-state index contributed by atoms with van der Waals surface area (Å²) in [6.45, 7) is 7.93. The molecule has 5 heteroatoms. The van der Waals surface area contributed by atoms with Gasteiger partial charge in [-0.2, -0.15) is 0 Å². The highest BCUT2D eigenvalue weighted by Gasteiger charge is 2.28. The number of rotatable bonds is 5. The number of carbonyl (C=O) groups excluding carboxylic acids is 1. The molecule has 0 aromatic heterocycles. The molecule has 0 saturated carbocycles. The number of likely N-dealkylation sites (tertiary alicyclic amines) is 1. The SMILES string of the molecule is CCc1ccc(C(C)(C)CNC(=O)N2CCC(C(=O)O)CC2)cc1. The Morgan fingerprint density at radius 1 is 1.21 bits per heavy atom. The van der Waals surface area contributed by atoms with Gasteiger partial charge >= 0.3 is 12.0 Å². The van der Waals surface area contributed by atoms with Crippen molar-refractivity contribution >= 4 is 12.0 Å². The van der Waals surface area contributed by atoms with Gasteiger partial charge in [0.05, 0.1) is 5.92 Å². The van der Waals surface area contributed by atoms with Crippen molar-refractivity contribution in [2.24, 2.45) is 5.92 Å². The smallest absolute Gasteiger partial charge is 0.317 e. The zero-order valence-corrected chi connectivity index (χ0v) is 14.8. The van der Waals surface area contributed by atoms with E-state index in [1.54, 1.807) is 4.90 Å². The number of carbonyl (C=O) groups is 2. The molecular weight excluding hydrogens is 304 g/mol. The maximum Gasteiger partial charge on any atom is 0.317 e. The third-order valence-corrected chi connectivity index (χ3v) is 4.96. The molecule has 5 nitrogen and oxygen atoms in total. The summed E-state index contributed by atoms with van der Waals surface area (Å²) in [5.74, 6) is -1.07. The predicted octanol–water partition coefficient (Wildman–Crippen LogP) is 3.03. The fourth-order valence-corrected chi connectivity index (χ4v) is 3.03. The van der Waals surface area contributed by atoms with Crippen LogP contribution in [0.5, 0.6) is 0 Å². The fraction of sp³-hybridized carbons (Fsp3) is 0.579. The lowest BCUT2D eigenvalue weighted by Gasteiger charge is -2.32. The average Bonchev–Trinajstić information content (AvgIpc) is 2.60. The lowest BCUT2D eigenvalue weighted by Crippen LogP contribution is -2.48. The highest BCUT2D eigenvalue weighted by atomic mass is 16.4. The molecule has 24 heavy (non-hydrogen) atoms. The summed E-state index contributed by atoms with van der Waals surface area (Å²) >= 11 is 0. The number of carboxylic acid groups (broad SMARTS) is 1. The Labute approximate surface area is 144 Å². The van der Waals surface area contributed by atoms with Crippen LogP contribution in [-0.4, -0.2) is 41.6 Å². The molecule has 1 saturated heterocycles. The number of amides is 2. The van der Waals surface area contributed by atoms with E-state index in [0.29, 0.717) is 32.5 Å². The van der Waals surface area contributed by atoms with Gasteiger partial charge < -0.3 is 15.3 Å². The van der Waals surface area contributed by atoms with Crippen LogP contribution >= 0.6 is 0 Å². The molecule has 0 radical (unpaired) electrons. The van der Waals surface area contributed by atoms with Gasteiger partial charge in [-0.15, -0.1) is 0 Å². The maximum atomic E-state index is 12.3. The van der Waals surface area contributed by atoms with E-state index < -0.39 is 5.97 Å². The molecule has 0 spiro atoms. The van der Waals surface area contributed by atoms with Crippen LogP contribution in [0.2, 0.25) is 0 Å². The number of benzene rings is 1. The molecule has 1 aliphatic heterocycles. The van der Waals surface area contributed by atoms with Gasteiger partial charge in [0.2, 0.25) is 0 Å². The van der Waals surface area contributed by atoms with Crippen molar-refractivity contribution in [2.75, 3.05) is 19.6 Å². The number of aryl methyl sites for hydroxylation is 1. The number of hydrogen-bond donors (Lipinski definition) is 2. The number of carboxylic acids is 1. The van der Waals surface area contributed by atoms with Crippen LogP contribution in [-0.2, 0) is 16.6 Å². The van der Waals surface area contributed by atoms with Crippen LogP contribution in [0.1, 0.15) is 44.7 Å². The maximum absolute atomic E-state index is 12.3. The lowest BCUT2D eigenvalue weighted by atomic mass is 9.84. The molecule has 0 unspecified atom stereocenters. The van der Waals surface area contributed by atoms with Gasteiger partial charge in [0.1, 0.15) is 0 Å². The average molecular weight is 332 g/mol. The van der Waals surface area contributed by atoms with Crippen molar-refractivity contribution in [2.45, 2.75) is 45.4 Å². The van der Waals surface area contributed by atoms with E-state index in [2.05, 4.69) is 50.4 Å². The molecule has 1 aromatic rings. The normalized spacial score (nSPS) is 16.0. The Morgan fingerprint density at radius 2 is 1.79 bits per heavy atom. The summed E-state index contributed by atoms with van der Waals surface area (Å²) in [5.41, 5.74) is 2.35. The highest BCUT2D eigenvalue weighted by molar-refractivity contribution is 5.75. The van der Waals surface area contributed by atoms with E-state index in [0.717, 1.165) is 6.42 Å². The minimum absolute atomic E-state index is 0.0999. The molecule has 1 fully saturated rings. The number of nitrogens with zero attached hydrogens (tertiary/aromatic N) is 1. The zero-order chi connectivity index (χ0) is 17.7. The Kier molecular flexibility index (Phi) is 5.86. The minimum atomic E-state index is -0.758. The first-order chi connectivity index (χ1) is 11.3. The van der Waals surface area contributed by atoms with Crippen LogP contribution in [0.3, 0.4) is 0 Å². The zero-order valence-electron chi connectivity index (χ0n) is 14.8. The quantitative estimate of drug-likeness (QED) is 0.871. The molecule has 1 heterocycles. The highest BCUT2D eigenvalue weighted by Crippen LogP contribution is 2.23. The Bertz CT molecular complexity index is 573. The number of nitrogens with one attached hydrogen (secondary N) is 1. The van der Waals surface area contributed by atoms with Crippen LogP contribution in [0.15, 0.2) is 24.3 Å². The number of aliphatic carboxylic acids is 1. The Hall–Kier alpha value is -2.04. The molecule has 2 amide bonds. The monoisotopic (exact) mass is 332 g/mol. The minimum Gasteiger partial charge on any atom is -0.481 e. The number of urea groups is 1. The summed E-state index contributed by atoms with van der Waals surface area (Å²) in [5, 5.41) is 12.0. The summed E-state index contributed by atoms with van der Waals surface area (Å²) in [4.78, 5) is 25.0. The van der Waals surface area contributed by atoms with Crippen LogP contribution < -0.4 is 5.32 Å². The van der Waals surface area contributed by atoms with E-state index in [1.807, 2.05) is 0 Å². The third kappa shape index (κ3) is 4.49. The van der Waals surface area contributed by atoms with E-state index in [4.69, 9.17) is 5.11 Å². The molecule has 0 aliphatic carbocycles. The summed E-state index contributed by atoms with van der Waals surface area (Å²) in [7, 11) is 0. The van der Waals surface area contributed by atoms with Gasteiger partial charge in [-0.25, -0.2) is 4.79 Å². The van der Waals surface area contributed by atoms with Crippen molar-refractivity contribution in [3.8, 4) is 0 Å². The standard InChI is InChI=1S/C19H28N2O3/c1-4-14-5-7-16(8-6-14)19(2,3)13-20-18(24)21-11-9-15(10-12-21)17(22)23/h5-8,15H,4,9-13H2,1-3H3,(H,20,24)(H,22,23). The molecular formula is C19H28N2O3. The Morgan fingerprint density at radius 3 is 2.29 bits per heavy atom. The predicted molar refractivity (Wildman–Crippen MR) is 94.2 cm³/mol. The van der Waals surface area contributed by atoms with Crippen LogP contribution in [0.25, 0.3) is 0 Å². The molecule has 0 bridgehead atoms. The lowest BCUT2D eigenvalue weighted by molar-refractivity contribution is -0.143. The van der Waals surface area contributed by atoms with E-state index in [-0.39, 0.29) is 17.4 Å². The molecule has 132 valence electrons. The van der Waals surface area contributed by atoms with Gasteiger partial charge in [-0.1, -0.05) is 45.0 Å². The van der Waals surface area contributed by atoms with Crippen molar-refractivity contribution in [3.63, 3.8) is 0 Å². The fourth-order valence-electron chi connectivity index (χ4n) is 3.03. The summed E-state index contributed by atoms with van der Waals surface area (Å²) < 4.78 is 0. The molecule has 2 rings (SSSR count).